The lowest BCUT2D eigenvalue weighted by Crippen LogP contribution is -2.56. The number of piperazine rings is 1. The molecule has 0 aromatic carbocycles. The first-order valence-corrected chi connectivity index (χ1v) is 8.70. The maximum atomic E-state index is 12.4. The largest absolute Gasteiger partial charge is 0.373 e. The topological polar surface area (TPSA) is 57.7 Å². The van der Waals surface area contributed by atoms with Gasteiger partial charge in [-0.2, -0.15) is 0 Å². The van der Waals surface area contributed by atoms with Gasteiger partial charge in [-0.15, -0.1) is 11.3 Å². The lowest BCUT2D eigenvalue weighted by atomic mass is 9.99. The second-order valence-electron chi connectivity index (χ2n) is 6.49. The van der Waals surface area contributed by atoms with E-state index in [1.807, 2.05) is 25.7 Å². The summed E-state index contributed by atoms with van der Waals surface area (Å²) in [7, 11) is 0. The third-order valence-corrected chi connectivity index (χ3v) is 5.48. The van der Waals surface area contributed by atoms with Crippen LogP contribution in [-0.4, -0.2) is 60.3 Å². The van der Waals surface area contributed by atoms with E-state index < -0.39 is 0 Å². The predicted octanol–water partition coefficient (Wildman–Crippen LogP) is 1.85. The van der Waals surface area contributed by atoms with Crippen LogP contribution in [0.4, 0.5) is 9.93 Å². The molecular weight excluding hydrogens is 300 g/mol. The number of aromatic nitrogens is 1. The highest BCUT2D eigenvalue weighted by Gasteiger charge is 2.37. The van der Waals surface area contributed by atoms with Gasteiger partial charge in [0.2, 0.25) is 0 Å². The number of anilines is 1. The van der Waals surface area contributed by atoms with Crippen LogP contribution in [0.3, 0.4) is 0 Å². The number of carbonyl (C=O) groups excluding carboxylic acids is 1. The van der Waals surface area contributed by atoms with Crippen LogP contribution in [-0.2, 0) is 4.74 Å². The van der Waals surface area contributed by atoms with E-state index >= 15 is 0 Å². The SMILES string of the molecule is Cc1csc(N2CCN(C(=O)NC3CCOC3(C)C)CC2)n1. The Morgan fingerprint density at radius 3 is 2.68 bits per heavy atom. The lowest BCUT2D eigenvalue weighted by molar-refractivity contribution is 0.0225. The van der Waals surface area contributed by atoms with Crippen LogP contribution in [0.15, 0.2) is 5.38 Å². The zero-order valence-electron chi connectivity index (χ0n) is 13.5. The summed E-state index contributed by atoms with van der Waals surface area (Å²) >= 11 is 1.67. The van der Waals surface area contributed by atoms with Crippen LogP contribution in [0.25, 0.3) is 0 Å². The third-order valence-electron chi connectivity index (χ3n) is 4.46. The summed E-state index contributed by atoms with van der Waals surface area (Å²) < 4.78 is 5.67. The zero-order valence-corrected chi connectivity index (χ0v) is 14.3. The molecule has 1 unspecified atom stereocenters. The van der Waals surface area contributed by atoms with Gasteiger partial charge in [-0.1, -0.05) is 0 Å². The monoisotopic (exact) mass is 324 g/mol. The molecule has 0 bridgehead atoms. The minimum Gasteiger partial charge on any atom is -0.373 e. The number of aryl methyl sites for hydroxylation is 1. The van der Waals surface area contributed by atoms with Gasteiger partial charge in [0.25, 0.3) is 0 Å². The molecule has 1 aromatic rings. The normalized spacial score (nSPS) is 24.6. The van der Waals surface area contributed by atoms with Gasteiger partial charge in [-0.05, 0) is 27.2 Å². The molecule has 0 saturated carbocycles. The van der Waals surface area contributed by atoms with Gasteiger partial charge >= 0.3 is 6.03 Å². The van der Waals surface area contributed by atoms with Crippen molar-refractivity contribution in [2.45, 2.75) is 38.8 Å². The zero-order chi connectivity index (χ0) is 15.7. The summed E-state index contributed by atoms with van der Waals surface area (Å²) in [5.74, 6) is 0. The van der Waals surface area contributed by atoms with Crippen molar-refractivity contribution in [1.29, 1.82) is 0 Å². The molecule has 6 nitrogen and oxygen atoms in total. The molecule has 0 aliphatic carbocycles. The molecule has 2 aliphatic heterocycles. The second kappa shape index (κ2) is 6.04. The van der Waals surface area contributed by atoms with Crippen molar-refractivity contribution in [2.75, 3.05) is 37.7 Å². The summed E-state index contributed by atoms with van der Waals surface area (Å²) in [5.41, 5.74) is 0.791. The molecule has 0 radical (unpaired) electrons. The van der Waals surface area contributed by atoms with Crippen LogP contribution in [0.1, 0.15) is 26.0 Å². The quantitative estimate of drug-likeness (QED) is 0.902. The standard InChI is InChI=1S/C15H24N4O2S/c1-11-10-22-14(16-11)19-7-5-18(6-8-19)13(20)17-12-4-9-21-15(12,2)3/h10,12H,4-9H2,1-3H3,(H,17,20). The number of carbonyl (C=O) groups is 1. The van der Waals surface area contributed by atoms with Crippen molar-refractivity contribution in [3.05, 3.63) is 11.1 Å². The van der Waals surface area contributed by atoms with E-state index in [4.69, 9.17) is 4.74 Å². The first-order chi connectivity index (χ1) is 10.5. The highest BCUT2D eigenvalue weighted by atomic mass is 32.1. The van der Waals surface area contributed by atoms with E-state index in [1.54, 1.807) is 11.3 Å². The molecule has 1 N–H and O–H groups in total. The summed E-state index contributed by atoms with van der Waals surface area (Å²) in [6, 6.07) is 0.123. The van der Waals surface area contributed by atoms with Gasteiger partial charge in [-0.3, -0.25) is 0 Å². The van der Waals surface area contributed by atoms with Crippen LogP contribution in [0.5, 0.6) is 0 Å². The van der Waals surface area contributed by atoms with Crippen LogP contribution >= 0.6 is 11.3 Å². The Hall–Kier alpha value is -1.34. The molecule has 122 valence electrons. The van der Waals surface area contributed by atoms with Gasteiger partial charge in [-0.25, -0.2) is 9.78 Å². The number of hydrogen-bond donors (Lipinski definition) is 1. The van der Waals surface area contributed by atoms with Gasteiger partial charge < -0.3 is 19.9 Å². The van der Waals surface area contributed by atoms with Crippen molar-refractivity contribution in [1.82, 2.24) is 15.2 Å². The van der Waals surface area contributed by atoms with Crippen molar-refractivity contribution in [2.24, 2.45) is 0 Å². The van der Waals surface area contributed by atoms with Gasteiger partial charge in [0.05, 0.1) is 17.3 Å². The molecule has 1 aromatic heterocycles. The van der Waals surface area contributed by atoms with Gasteiger partial charge in [0, 0.05) is 38.2 Å². The summed E-state index contributed by atoms with van der Waals surface area (Å²) in [6.07, 6.45) is 0.886. The maximum absolute atomic E-state index is 12.4. The molecule has 22 heavy (non-hydrogen) atoms. The van der Waals surface area contributed by atoms with Crippen LogP contribution in [0.2, 0.25) is 0 Å². The van der Waals surface area contributed by atoms with Crippen LogP contribution < -0.4 is 10.2 Å². The third kappa shape index (κ3) is 3.20. The number of nitrogens with one attached hydrogen (secondary N) is 1. The Morgan fingerprint density at radius 2 is 2.14 bits per heavy atom. The van der Waals surface area contributed by atoms with Crippen molar-refractivity contribution < 1.29 is 9.53 Å². The Morgan fingerprint density at radius 1 is 1.41 bits per heavy atom. The minimum atomic E-state index is -0.268. The summed E-state index contributed by atoms with van der Waals surface area (Å²) in [5, 5.41) is 6.25. The van der Waals surface area contributed by atoms with Crippen molar-refractivity contribution >= 4 is 22.5 Å². The Balaban J connectivity index is 1.52. The number of ether oxygens (including phenoxy) is 1. The number of rotatable bonds is 2. The van der Waals surface area contributed by atoms with Gasteiger partial charge in [0.15, 0.2) is 5.13 Å². The Bertz CT molecular complexity index is 537. The average molecular weight is 324 g/mol. The number of urea groups is 1. The van der Waals surface area contributed by atoms with E-state index in [1.165, 1.54) is 0 Å². The first kappa shape index (κ1) is 15.6. The Kier molecular flexibility index (Phi) is 4.27. The van der Waals surface area contributed by atoms with Gasteiger partial charge in [0.1, 0.15) is 0 Å². The van der Waals surface area contributed by atoms with E-state index in [0.29, 0.717) is 0 Å². The number of hydrogen-bond acceptors (Lipinski definition) is 5. The molecule has 2 fully saturated rings. The molecule has 3 rings (SSSR count). The average Bonchev–Trinajstić information content (AvgIpc) is 3.05. The molecule has 2 aliphatic rings. The fraction of sp³-hybridized carbons (Fsp3) is 0.733. The van der Waals surface area contributed by atoms with Crippen molar-refractivity contribution in [3.63, 3.8) is 0 Å². The highest BCUT2D eigenvalue weighted by molar-refractivity contribution is 7.13. The van der Waals surface area contributed by atoms with E-state index in [-0.39, 0.29) is 17.7 Å². The van der Waals surface area contributed by atoms with Crippen LogP contribution in [0, 0.1) is 6.92 Å². The van der Waals surface area contributed by atoms with Crippen molar-refractivity contribution in [3.8, 4) is 0 Å². The minimum absolute atomic E-state index is 0.0264. The molecule has 1 atom stereocenters. The number of thiazole rings is 1. The smallest absolute Gasteiger partial charge is 0.317 e. The van der Waals surface area contributed by atoms with E-state index in [2.05, 4.69) is 20.6 Å². The lowest BCUT2D eigenvalue weighted by Gasteiger charge is -2.36. The van der Waals surface area contributed by atoms with E-state index in [0.717, 1.165) is 50.0 Å². The fourth-order valence-electron chi connectivity index (χ4n) is 2.96. The summed E-state index contributed by atoms with van der Waals surface area (Å²) in [6.45, 7) is 9.94. The molecule has 2 amide bonds. The number of nitrogens with zero attached hydrogens (tertiary/aromatic N) is 3. The predicted molar refractivity (Wildman–Crippen MR) is 87.6 cm³/mol. The maximum Gasteiger partial charge on any atom is 0.317 e. The fourth-order valence-corrected chi connectivity index (χ4v) is 3.82. The number of amides is 2. The molecule has 7 heteroatoms. The first-order valence-electron chi connectivity index (χ1n) is 7.82. The second-order valence-corrected chi connectivity index (χ2v) is 7.32. The molecule has 2 saturated heterocycles. The molecule has 0 spiro atoms. The highest BCUT2D eigenvalue weighted by Crippen LogP contribution is 2.25. The summed E-state index contributed by atoms with van der Waals surface area (Å²) in [4.78, 5) is 21.1. The molecular formula is C15H24N4O2S. The Labute approximate surface area is 135 Å². The van der Waals surface area contributed by atoms with E-state index in [9.17, 15) is 4.79 Å². The molecule has 3 heterocycles.